The first-order valence-electron chi connectivity index (χ1n) is 5.34. The quantitative estimate of drug-likeness (QED) is 0.653. The van der Waals surface area contributed by atoms with E-state index in [0.29, 0.717) is 6.54 Å². The van der Waals surface area contributed by atoms with Gasteiger partial charge in [0.15, 0.2) is 0 Å². The topological polar surface area (TPSA) is 65.2 Å². The van der Waals surface area contributed by atoms with E-state index in [1.807, 2.05) is 12.1 Å². The van der Waals surface area contributed by atoms with E-state index in [4.69, 9.17) is 15.9 Å². The lowest BCUT2D eigenvalue weighted by Crippen LogP contribution is -1.97. The highest BCUT2D eigenvalue weighted by Gasteiger charge is 1.99. The van der Waals surface area contributed by atoms with Gasteiger partial charge in [0, 0.05) is 6.42 Å². The Balaban J connectivity index is 2.12. The zero-order chi connectivity index (χ0) is 10.2. The molecule has 0 aliphatic carbocycles. The molecular formula is C11H20N2O. The van der Waals surface area contributed by atoms with Crippen LogP contribution in [0.5, 0.6) is 0 Å². The Bertz CT molecular complexity index is 245. The predicted octanol–water partition coefficient (Wildman–Crippen LogP) is 1.80. The van der Waals surface area contributed by atoms with Crippen LogP contribution in [-0.2, 0) is 13.0 Å². The Morgan fingerprint density at radius 3 is 2.29 bits per heavy atom. The van der Waals surface area contributed by atoms with Crippen LogP contribution < -0.4 is 11.5 Å². The Kier molecular flexibility index (Phi) is 5.33. The van der Waals surface area contributed by atoms with Crippen molar-refractivity contribution in [1.82, 2.24) is 0 Å². The van der Waals surface area contributed by atoms with Crippen LogP contribution in [0, 0.1) is 0 Å². The third kappa shape index (κ3) is 3.94. The summed E-state index contributed by atoms with van der Waals surface area (Å²) in [6.45, 7) is 1.30. The minimum Gasteiger partial charge on any atom is -0.465 e. The Morgan fingerprint density at radius 2 is 1.64 bits per heavy atom. The number of unbranched alkanes of at least 4 members (excludes halogenated alkanes) is 3. The molecule has 0 amide bonds. The lowest BCUT2D eigenvalue weighted by Gasteiger charge is -1.98. The van der Waals surface area contributed by atoms with Crippen molar-refractivity contribution in [2.24, 2.45) is 11.5 Å². The van der Waals surface area contributed by atoms with Crippen molar-refractivity contribution in [2.45, 2.75) is 38.6 Å². The lowest BCUT2D eigenvalue weighted by atomic mass is 10.1. The van der Waals surface area contributed by atoms with E-state index in [0.717, 1.165) is 30.9 Å². The van der Waals surface area contributed by atoms with Gasteiger partial charge in [0.25, 0.3) is 0 Å². The predicted molar refractivity (Wildman–Crippen MR) is 57.8 cm³/mol. The molecule has 3 heteroatoms. The molecule has 3 nitrogen and oxygen atoms in total. The molecule has 14 heavy (non-hydrogen) atoms. The second-order valence-corrected chi connectivity index (χ2v) is 3.53. The van der Waals surface area contributed by atoms with Crippen LogP contribution in [0.3, 0.4) is 0 Å². The maximum absolute atomic E-state index is 5.49. The van der Waals surface area contributed by atoms with Crippen LogP contribution in [0.4, 0.5) is 0 Å². The Morgan fingerprint density at radius 1 is 0.929 bits per heavy atom. The molecule has 0 atom stereocenters. The molecule has 1 aromatic rings. The van der Waals surface area contributed by atoms with Gasteiger partial charge in [-0.2, -0.15) is 0 Å². The summed E-state index contributed by atoms with van der Waals surface area (Å²) in [6, 6.07) is 3.97. The first kappa shape index (κ1) is 11.3. The maximum atomic E-state index is 5.49. The summed E-state index contributed by atoms with van der Waals surface area (Å²) in [4.78, 5) is 0. The summed E-state index contributed by atoms with van der Waals surface area (Å²) in [5, 5.41) is 0. The van der Waals surface area contributed by atoms with Crippen LogP contribution in [0.15, 0.2) is 16.5 Å². The van der Waals surface area contributed by atoms with E-state index in [1.54, 1.807) is 0 Å². The molecule has 0 aliphatic rings. The molecule has 0 saturated heterocycles. The third-order valence-electron chi connectivity index (χ3n) is 2.30. The van der Waals surface area contributed by atoms with E-state index in [2.05, 4.69) is 0 Å². The van der Waals surface area contributed by atoms with Crippen molar-refractivity contribution in [3.8, 4) is 0 Å². The van der Waals surface area contributed by atoms with Gasteiger partial charge in [-0.05, 0) is 31.5 Å². The molecule has 0 spiro atoms. The van der Waals surface area contributed by atoms with Crippen LogP contribution in [0.1, 0.15) is 37.2 Å². The lowest BCUT2D eigenvalue weighted by molar-refractivity contribution is 0.457. The summed E-state index contributed by atoms with van der Waals surface area (Å²) in [6.07, 6.45) is 5.78. The van der Waals surface area contributed by atoms with Gasteiger partial charge in [-0.1, -0.05) is 12.8 Å². The van der Waals surface area contributed by atoms with Crippen LogP contribution in [0.25, 0.3) is 0 Å². The third-order valence-corrected chi connectivity index (χ3v) is 2.30. The Hall–Kier alpha value is -0.800. The SMILES string of the molecule is NCCCCCCc1ccc(CN)o1. The molecule has 80 valence electrons. The molecule has 0 bridgehead atoms. The highest BCUT2D eigenvalue weighted by atomic mass is 16.3. The van der Waals surface area contributed by atoms with Gasteiger partial charge < -0.3 is 15.9 Å². The van der Waals surface area contributed by atoms with E-state index in [1.165, 1.54) is 19.3 Å². The minimum absolute atomic E-state index is 0.493. The maximum Gasteiger partial charge on any atom is 0.117 e. The molecule has 0 saturated carbocycles. The van der Waals surface area contributed by atoms with Crippen LogP contribution in [0.2, 0.25) is 0 Å². The van der Waals surface area contributed by atoms with Crippen molar-refractivity contribution in [1.29, 1.82) is 0 Å². The number of aryl methyl sites for hydroxylation is 1. The molecule has 0 radical (unpaired) electrons. The molecule has 0 unspecified atom stereocenters. The van der Waals surface area contributed by atoms with Gasteiger partial charge in [-0.25, -0.2) is 0 Å². The van der Waals surface area contributed by atoms with Crippen LogP contribution >= 0.6 is 0 Å². The number of rotatable bonds is 7. The van der Waals surface area contributed by atoms with Gasteiger partial charge >= 0.3 is 0 Å². The van der Waals surface area contributed by atoms with Crippen molar-refractivity contribution < 1.29 is 4.42 Å². The average Bonchev–Trinajstić information content (AvgIpc) is 2.65. The first-order valence-corrected chi connectivity index (χ1v) is 5.34. The van der Waals surface area contributed by atoms with Gasteiger partial charge in [-0.3, -0.25) is 0 Å². The largest absolute Gasteiger partial charge is 0.465 e. The van der Waals surface area contributed by atoms with E-state index >= 15 is 0 Å². The molecule has 1 rings (SSSR count). The monoisotopic (exact) mass is 196 g/mol. The zero-order valence-electron chi connectivity index (χ0n) is 8.67. The normalized spacial score (nSPS) is 10.7. The van der Waals surface area contributed by atoms with E-state index in [-0.39, 0.29) is 0 Å². The Labute approximate surface area is 85.5 Å². The second-order valence-electron chi connectivity index (χ2n) is 3.53. The highest BCUT2D eigenvalue weighted by Crippen LogP contribution is 2.11. The van der Waals surface area contributed by atoms with Crippen molar-refractivity contribution in [3.05, 3.63) is 23.7 Å². The van der Waals surface area contributed by atoms with Gasteiger partial charge in [-0.15, -0.1) is 0 Å². The fraction of sp³-hybridized carbons (Fsp3) is 0.636. The highest BCUT2D eigenvalue weighted by molar-refractivity contribution is 5.06. The van der Waals surface area contributed by atoms with Crippen molar-refractivity contribution in [3.63, 3.8) is 0 Å². The fourth-order valence-electron chi connectivity index (χ4n) is 1.46. The number of nitrogens with two attached hydrogens (primary N) is 2. The van der Waals surface area contributed by atoms with Gasteiger partial charge in [0.1, 0.15) is 11.5 Å². The molecule has 0 aromatic carbocycles. The summed E-state index contributed by atoms with van der Waals surface area (Å²) in [7, 11) is 0. The smallest absolute Gasteiger partial charge is 0.117 e. The fourth-order valence-corrected chi connectivity index (χ4v) is 1.46. The van der Waals surface area contributed by atoms with E-state index in [9.17, 15) is 0 Å². The molecule has 1 aromatic heterocycles. The summed E-state index contributed by atoms with van der Waals surface area (Å²) >= 11 is 0. The van der Waals surface area contributed by atoms with Crippen molar-refractivity contribution in [2.75, 3.05) is 6.54 Å². The summed E-state index contributed by atoms with van der Waals surface area (Å²) < 4.78 is 5.49. The average molecular weight is 196 g/mol. The molecule has 0 aliphatic heterocycles. The molecule has 4 N–H and O–H groups in total. The summed E-state index contributed by atoms with van der Waals surface area (Å²) in [5.74, 6) is 1.93. The number of furan rings is 1. The first-order chi connectivity index (χ1) is 6.86. The van der Waals surface area contributed by atoms with Gasteiger partial charge in [0.05, 0.1) is 6.54 Å². The summed E-state index contributed by atoms with van der Waals surface area (Å²) in [5.41, 5.74) is 10.9. The molecule has 0 fully saturated rings. The number of hydrogen-bond donors (Lipinski definition) is 2. The molecular weight excluding hydrogens is 176 g/mol. The minimum atomic E-state index is 0.493. The number of hydrogen-bond acceptors (Lipinski definition) is 3. The second kappa shape index (κ2) is 6.62. The van der Waals surface area contributed by atoms with Crippen molar-refractivity contribution >= 4 is 0 Å². The molecule has 1 heterocycles. The van der Waals surface area contributed by atoms with Gasteiger partial charge in [0.2, 0.25) is 0 Å². The zero-order valence-corrected chi connectivity index (χ0v) is 8.67. The standard InChI is InChI=1S/C11H20N2O/c12-8-4-2-1-3-5-10-6-7-11(9-13)14-10/h6-7H,1-5,8-9,12-13H2. The van der Waals surface area contributed by atoms with E-state index < -0.39 is 0 Å². The van der Waals surface area contributed by atoms with Crippen LogP contribution in [-0.4, -0.2) is 6.54 Å².